The molecule has 0 bridgehead atoms. The molecule has 1 rings (SSSR count). The predicted molar refractivity (Wildman–Crippen MR) is 60.1 cm³/mol. The second kappa shape index (κ2) is 4.70. The van der Waals surface area contributed by atoms with E-state index in [0.29, 0.717) is 5.92 Å². The SMILES string of the molecule is CC1CCC(C#CC(=O)OC(C)(C)C)C1. The van der Waals surface area contributed by atoms with Crippen LogP contribution in [-0.4, -0.2) is 11.6 Å². The maximum absolute atomic E-state index is 11.3. The summed E-state index contributed by atoms with van der Waals surface area (Å²) in [7, 11) is 0. The summed E-state index contributed by atoms with van der Waals surface area (Å²) in [4.78, 5) is 11.3. The lowest BCUT2D eigenvalue weighted by Gasteiger charge is -2.17. The Morgan fingerprint density at radius 2 is 2.00 bits per heavy atom. The predicted octanol–water partition coefficient (Wildman–Crippen LogP) is 2.77. The van der Waals surface area contributed by atoms with E-state index >= 15 is 0 Å². The van der Waals surface area contributed by atoms with E-state index in [1.54, 1.807) is 0 Å². The Hall–Kier alpha value is -0.970. The van der Waals surface area contributed by atoms with Crippen molar-refractivity contribution in [3.8, 4) is 11.8 Å². The molecule has 0 aliphatic heterocycles. The van der Waals surface area contributed by atoms with Crippen molar-refractivity contribution in [1.29, 1.82) is 0 Å². The fraction of sp³-hybridized carbons (Fsp3) is 0.769. The average molecular weight is 208 g/mol. The number of hydrogen-bond donors (Lipinski definition) is 0. The molecule has 0 saturated heterocycles. The van der Waals surface area contributed by atoms with E-state index in [-0.39, 0.29) is 0 Å². The van der Waals surface area contributed by atoms with E-state index in [0.717, 1.165) is 18.8 Å². The quantitative estimate of drug-likeness (QED) is 0.347. The molecule has 1 aliphatic rings. The van der Waals surface area contributed by atoms with Crippen LogP contribution in [0.1, 0.15) is 47.0 Å². The first-order valence-electron chi connectivity index (χ1n) is 5.61. The highest BCUT2D eigenvalue weighted by atomic mass is 16.6. The molecule has 1 aliphatic carbocycles. The molecule has 84 valence electrons. The summed E-state index contributed by atoms with van der Waals surface area (Å²) in [6, 6.07) is 0. The van der Waals surface area contributed by atoms with Crippen LogP contribution in [0.25, 0.3) is 0 Å². The van der Waals surface area contributed by atoms with Gasteiger partial charge in [-0.2, -0.15) is 0 Å². The zero-order valence-electron chi connectivity index (χ0n) is 10.1. The van der Waals surface area contributed by atoms with E-state index in [2.05, 4.69) is 18.8 Å². The molecule has 0 amide bonds. The van der Waals surface area contributed by atoms with Crippen LogP contribution in [-0.2, 0) is 9.53 Å². The minimum atomic E-state index is -0.436. The third-order valence-corrected chi connectivity index (χ3v) is 2.47. The Morgan fingerprint density at radius 3 is 2.47 bits per heavy atom. The number of hydrogen-bond acceptors (Lipinski definition) is 2. The van der Waals surface area contributed by atoms with Crippen LogP contribution in [0, 0.1) is 23.7 Å². The summed E-state index contributed by atoms with van der Waals surface area (Å²) in [6.45, 7) is 7.79. The van der Waals surface area contributed by atoms with E-state index in [1.165, 1.54) is 6.42 Å². The number of ether oxygens (including phenoxy) is 1. The fourth-order valence-corrected chi connectivity index (χ4v) is 1.80. The highest BCUT2D eigenvalue weighted by Crippen LogP contribution is 2.29. The molecule has 0 heterocycles. The molecule has 0 radical (unpaired) electrons. The number of rotatable bonds is 0. The average Bonchev–Trinajstić information content (AvgIpc) is 2.45. The summed E-state index contributed by atoms with van der Waals surface area (Å²) >= 11 is 0. The van der Waals surface area contributed by atoms with Crippen LogP contribution in [0.3, 0.4) is 0 Å². The van der Waals surface area contributed by atoms with E-state index in [4.69, 9.17) is 4.74 Å². The molecule has 0 aromatic heterocycles. The van der Waals surface area contributed by atoms with Gasteiger partial charge in [-0.15, -0.1) is 0 Å². The second-order valence-corrected chi connectivity index (χ2v) is 5.39. The van der Waals surface area contributed by atoms with Crippen LogP contribution < -0.4 is 0 Å². The maximum Gasteiger partial charge on any atom is 0.384 e. The molecule has 0 aromatic rings. The van der Waals surface area contributed by atoms with Gasteiger partial charge < -0.3 is 4.74 Å². The van der Waals surface area contributed by atoms with Crippen LogP contribution in [0.4, 0.5) is 0 Å². The van der Waals surface area contributed by atoms with Gasteiger partial charge in [-0.05, 0) is 46.0 Å². The van der Waals surface area contributed by atoms with Gasteiger partial charge in [0, 0.05) is 11.8 Å². The first kappa shape index (κ1) is 12.1. The van der Waals surface area contributed by atoms with Gasteiger partial charge in [0.05, 0.1) is 0 Å². The standard InChI is InChI=1S/C13H20O2/c1-10-5-6-11(9-10)7-8-12(14)15-13(2,3)4/h10-11H,5-6,9H2,1-4H3. The molecule has 2 nitrogen and oxygen atoms in total. The van der Waals surface area contributed by atoms with Crippen molar-refractivity contribution in [1.82, 2.24) is 0 Å². The number of carbonyl (C=O) groups is 1. The lowest BCUT2D eigenvalue weighted by molar-refractivity contribution is -0.147. The third-order valence-electron chi connectivity index (χ3n) is 2.47. The van der Waals surface area contributed by atoms with E-state index in [9.17, 15) is 4.79 Å². The highest BCUT2D eigenvalue weighted by molar-refractivity contribution is 5.88. The molecule has 0 spiro atoms. The van der Waals surface area contributed by atoms with Crippen LogP contribution in [0.2, 0.25) is 0 Å². The van der Waals surface area contributed by atoms with Crippen molar-refractivity contribution in [2.75, 3.05) is 0 Å². The summed E-state index contributed by atoms with van der Waals surface area (Å²) < 4.78 is 5.11. The summed E-state index contributed by atoms with van der Waals surface area (Å²) in [5.74, 6) is 6.35. The second-order valence-electron chi connectivity index (χ2n) is 5.39. The van der Waals surface area contributed by atoms with Crippen LogP contribution in [0.5, 0.6) is 0 Å². The third kappa shape index (κ3) is 4.88. The van der Waals surface area contributed by atoms with E-state index < -0.39 is 11.6 Å². The summed E-state index contributed by atoms with van der Waals surface area (Å²) in [5.41, 5.74) is -0.436. The first-order chi connectivity index (χ1) is 6.87. The van der Waals surface area contributed by atoms with Gasteiger partial charge in [0.1, 0.15) is 5.60 Å². The Kier molecular flexibility index (Phi) is 3.79. The molecular formula is C13H20O2. The van der Waals surface area contributed by atoms with Gasteiger partial charge in [0.15, 0.2) is 0 Å². The van der Waals surface area contributed by atoms with Crippen molar-refractivity contribution in [2.24, 2.45) is 11.8 Å². The molecule has 2 atom stereocenters. The summed E-state index contributed by atoms with van der Waals surface area (Å²) in [5, 5.41) is 0. The van der Waals surface area contributed by atoms with Crippen molar-refractivity contribution in [2.45, 2.75) is 52.6 Å². The van der Waals surface area contributed by atoms with Gasteiger partial charge in [-0.1, -0.05) is 12.8 Å². The fourth-order valence-electron chi connectivity index (χ4n) is 1.80. The topological polar surface area (TPSA) is 26.3 Å². The molecule has 2 heteroatoms. The lowest BCUT2D eigenvalue weighted by atomic mass is 10.1. The number of carbonyl (C=O) groups excluding carboxylic acids is 1. The molecule has 15 heavy (non-hydrogen) atoms. The minimum Gasteiger partial charge on any atom is -0.450 e. The van der Waals surface area contributed by atoms with Crippen molar-refractivity contribution >= 4 is 5.97 Å². The Morgan fingerprint density at radius 1 is 1.33 bits per heavy atom. The zero-order valence-corrected chi connectivity index (χ0v) is 10.1. The van der Waals surface area contributed by atoms with E-state index in [1.807, 2.05) is 20.8 Å². The normalized spacial score (nSPS) is 25.6. The van der Waals surface area contributed by atoms with Gasteiger partial charge >= 0.3 is 5.97 Å². The largest absolute Gasteiger partial charge is 0.450 e. The minimum absolute atomic E-state index is 0.396. The molecular weight excluding hydrogens is 188 g/mol. The van der Waals surface area contributed by atoms with Crippen LogP contribution in [0.15, 0.2) is 0 Å². The molecule has 1 saturated carbocycles. The molecule has 2 unspecified atom stereocenters. The molecule has 1 fully saturated rings. The first-order valence-corrected chi connectivity index (χ1v) is 5.61. The van der Waals surface area contributed by atoms with Gasteiger partial charge in [0.2, 0.25) is 0 Å². The molecule has 0 aromatic carbocycles. The van der Waals surface area contributed by atoms with Crippen molar-refractivity contribution in [3.63, 3.8) is 0 Å². The lowest BCUT2D eigenvalue weighted by Crippen LogP contribution is -2.22. The monoisotopic (exact) mass is 208 g/mol. The zero-order chi connectivity index (χ0) is 11.5. The maximum atomic E-state index is 11.3. The Balaban J connectivity index is 2.41. The highest BCUT2D eigenvalue weighted by Gasteiger charge is 2.20. The smallest absolute Gasteiger partial charge is 0.384 e. The van der Waals surface area contributed by atoms with Gasteiger partial charge in [-0.3, -0.25) is 0 Å². The number of esters is 1. The van der Waals surface area contributed by atoms with Gasteiger partial charge in [0.25, 0.3) is 0 Å². The van der Waals surface area contributed by atoms with Crippen LogP contribution >= 0.6 is 0 Å². The van der Waals surface area contributed by atoms with Crippen molar-refractivity contribution < 1.29 is 9.53 Å². The molecule has 0 N–H and O–H groups in total. The van der Waals surface area contributed by atoms with Crippen molar-refractivity contribution in [3.05, 3.63) is 0 Å². The van der Waals surface area contributed by atoms with Gasteiger partial charge in [-0.25, -0.2) is 4.79 Å². The Bertz CT molecular complexity index is 288. The summed E-state index contributed by atoms with van der Waals surface area (Å²) in [6.07, 6.45) is 3.47. The Labute approximate surface area is 92.4 Å².